The number of likely N-dealkylation sites (tertiary alicyclic amines) is 1. The summed E-state index contributed by atoms with van der Waals surface area (Å²) in [5.74, 6) is -2.18. The van der Waals surface area contributed by atoms with Crippen LogP contribution in [0.25, 0.3) is 0 Å². The Morgan fingerprint density at radius 2 is 1.65 bits per heavy atom. The van der Waals surface area contributed by atoms with Crippen molar-refractivity contribution in [3.63, 3.8) is 0 Å². The van der Waals surface area contributed by atoms with Gasteiger partial charge in [0.25, 0.3) is 11.8 Å². The minimum absolute atomic E-state index is 0.0544. The van der Waals surface area contributed by atoms with Gasteiger partial charge in [0, 0.05) is 25.0 Å². The summed E-state index contributed by atoms with van der Waals surface area (Å²) in [6.45, 7) is 7.95. The van der Waals surface area contributed by atoms with E-state index in [-0.39, 0.29) is 41.3 Å². The van der Waals surface area contributed by atoms with Gasteiger partial charge >= 0.3 is 0 Å². The lowest BCUT2D eigenvalue weighted by atomic mass is 9.82. The highest BCUT2D eigenvalue weighted by Gasteiger charge is 2.52. The van der Waals surface area contributed by atoms with Gasteiger partial charge in [-0.25, -0.2) is 4.98 Å². The Labute approximate surface area is 289 Å². The fourth-order valence-electron chi connectivity index (χ4n) is 8.00. The lowest BCUT2D eigenvalue weighted by molar-refractivity contribution is -0.146. The second-order valence-electron chi connectivity index (χ2n) is 15.7. The molecule has 49 heavy (non-hydrogen) atoms. The molecule has 4 aliphatic rings. The predicted octanol–water partition coefficient (Wildman–Crippen LogP) is 2.24. The molecule has 1 aliphatic heterocycles. The van der Waals surface area contributed by atoms with E-state index in [4.69, 9.17) is 0 Å². The zero-order valence-corrected chi connectivity index (χ0v) is 29.5. The third kappa shape index (κ3) is 8.95. The van der Waals surface area contributed by atoms with Crippen molar-refractivity contribution in [1.82, 2.24) is 36.1 Å². The van der Waals surface area contributed by atoms with Crippen molar-refractivity contribution >= 4 is 29.5 Å². The molecule has 3 saturated carbocycles. The average Bonchev–Trinajstić information content (AvgIpc) is 3.65. The van der Waals surface area contributed by atoms with Gasteiger partial charge in [0.15, 0.2) is 6.10 Å². The van der Waals surface area contributed by atoms with Crippen LogP contribution in [-0.4, -0.2) is 92.4 Å². The Morgan fingerprint density at radius 3 is 2.29 bits per heavy atom. The van der Waals surface area contributed by atoms with Gasteiger partial charge in [-0.3, -0.25) is 29.0 Å². The third-order valence-corrected chi connectivity index (χ3v) is 10.8. The van der Waals surface area contributed by atoms with Gasteiger partial charge in [-0.2, -0.15) is 0 Å². The number of nitrogens with zero attached hydrogens (tertiary/aromatic N) is 3. The highest BCUT2D eigenvalue weighted by atomic mass is 16.3. The number of fused-ring (bicyclic) bond motifs is 1. The van der Waals surface area contributed by atoms with Gasteiger partial charge < -0.3 is 31.3 Å². The fourth-order valence-corrected chi connectivity index (χ4v) is 8.00. The smallest absolute Gasteiger partial charge is 0.272 e. The molecule has 0 bridgehead atoms. The van der Waals surface area contributed by atoms with Crippen molar-refractivity contribution < 1.29 is 29.1 Å². The SMILES string of the molecule is CCC[C@H](NC(=O)[C@@H]1[C@H]2CCC[C@H]2CN1C(=O)[C@@H](NC(=O)[C@@H](NC(=O)c1cnccn1)C1CCCCC1)C(C)(C)C)[C@@H](O)C(=O)NC1CC1. The van der Waals surface area contributed by atoms with E-state index in [1.165, 1.54) is 18.6 Å². The standard InChI is InChI=1S/C36H55N7O6/c1-5-10-25(29(44)34(48)39-23-15-16-23)40-33(47)28-24-14-9-13-22(24)20-43(28)35(49)30(36(2,3)4)42-32(46)27(21-11-7-6-8-12-21)41-31(45)26-19-37-17-18-38-26/h17-19,21-25,27-30,44H,5-16,20H2,1-4H3,(H,39,48)(H,40,47)(H,41,45)(H,42,46)/t22-,24-,25-,27-,28-,29+,30+/m0/s1. The largest absolute Gasteiger partial charge is 0.381 e. The summed E-state index contributed by atoms with van der Waals surface area (Å²) in [6.07, 6.45) is 12.8. The minimum atomic E-state index is -1.40. The zero-order chi connectivity index (χ0) is 35.3. The van der Waals surface area contributed by atoms with Crippen LogP contribution in [0.15, 0.2) is 18.6 Å². The summed E-state index contributed by atoms with van der Waals surface area (Å²) in [5.41, 5.74) is -0.618. The molecule has 3 aliphatic carbocycles. The van der Waals surface area contributed by atoms with Crippen LogP contribution in [0.3, 0.4) is 0 Å². The van der Waals surface area contributed by atoms with Crippen LogP contribution in [0.5, 0.6) is 0 Å². The van der Waals surface area contributed by atoms with E-state index >= 15 is 0 Å². The van der Waals surface area contributed by atoms with Crippen molar-refractivity contribution in [1.29, 1.82) is 0 Å². The van der Waals surface area contributed by atoms with Crippen molar-refractivity contribution in [2.45, 2.75) is 141 Å². The van der Waals surface area contributed by atoms with Gasteiger partial charge in [-0.1, -0.05) is 59.8 Å². The maximum atomic E-state index is 14.6. The lowest BCUT2D eigenvalue weighted by Gasteiger charge is -2.38. The highest BCUT2D eigenvalue weighted by Crippen LogP contribution is 2.43. The van der Waals surface area contributed by atoms with Crippen LogP contribution in [0.2, 0.25) is 0 Å². The summed E-state index contributed by atoms with van der Waals surface area (Å²) in [7, 11) is 0. The van der Waals surface area contributed by atoms with Crippen LogP contribution in [0, 0.1) is 23.2 Å². The number of amides is 5. The van der Waals surface area contributed by atoms with Crippen molar-refractivity contribution in [3.8, 4) is 0 Å². The molecule has 7 atom stereocenters. The normalized spacial score (nSPS) is 25.0. The van der Waals surface area contributed by atoms with Crippen LogP contribution in [0.4, 0.5) is 0 Å². The molecule has 0 spiro atoms. The van der Waals surface area contributed by atoms with E-state index in [1.54, 1.807) is 4.90 Å². The van der Waals surface area contributed by atoms with Crippen molar-refractivity contribution in [2.75, 3.05) is 6.54 Å². The summed E-state index contributed by atoms with van der Waals surface area (Å²) >= 11 is 0. The number of hydrogen-bond acceptors (Lipinski definition) is 8. The van der Waals surface area contributed by atoms with E-state index < -0.39 is 53.4 Å². The van der Waals surface area contributed by atoms with Crippen LogP contribution < -0.4 is 21.3 Å². The Hall–Kier alpha value is -3.61. The van der Waals surface area contributed by atoms with Gasteiger partial charge in [0.2, 0.25) is 17.7 Å². The van der Waals surface area contributed by atoms with E-state index in [0.717, 1.165) is 64.2 Å². The van der Waals surface area contributed by atoms with Gasteiger partial charge in [-0.05, 0) is 68.1 Å². The van der Waals surface area contributed by atoms with Crippen LogP contribution in [0.1, 0.15) is 115 Å². The molecule has 0 radical (unpaired) electrons. The summed E-state index contributed by atoms with van der Waals surface area (Å²) in [4.78, 5) is 78.5. The average molecular weight is 682 g/mol. The first kappa shape index (κ1) is 36.7. The first-order chi connectivity index (χ1) is 23.4. The topological polar surface area (TPSA) is 183 Å². The molecule has 1 saturated heterocycles. The minimum Gasteiger partial charge on any atom is -0.381 e. The molecule has 13 nitrogen and oxygen atoms in total. The molecule has 270 valence electrons. The maximum absolute atomic E-state index is 14.6. The molecule has 1 aromatic heterocycles. The van der Waals surface area contributed by atoms with Crippen molar-refractivity contribution in [3.05, 3.63) is 24.3 Å². The Morgan fingerprint density at radius 1 is 0.918 bits per heavy atom. The number of aliphatic hydroxyl groups is 1. The summed E-state index contributed by atoms with van der Waals surface area (Å²) in [5, 5.41) is 22.6. The number of nitrogens with one attached hydrogen (secondary N) is 4. The van der Waals surface area contributed by atoms with Crippen molar-refractivity contribution in [2.24, 2.45) is 23.2 Å². The molecule has 2 heterocycles. The molecule has 5 rings (SSSR count). The second-order valence-corrected chi connectivity index (χ2v) is 15.7. The number of carbonyl (C=O) groups is 5. The molecule has 13 heteroatoms. The quantitative estimate of drug-likeness (QED) is 0.210. The molecule has 5 amide bonds. The summed E-state index contributed by atoms with van der Waals surface area (Å²) in [6, 6.07) is -3.35. The molecule has 0 unspecified atom stereocenters. The van der Waals surface area contributed by atoms with E-state index in [9.17, 15) is 29.1 Å². The van der Waals surface area contributed by atoms with Gasteiger partial charge in [0.05, 0.1) is 12.2 Å². The van der Waals surface area contributed by atoms with E-state index in [0.29, 0.717) is 19.4 Å². The first-order valence-electron chi connectivity index (χ1n) is 18.4. The van der Waals surface area contributed by atoms with E-state index in [2.05, 4.69) is 31.2 Å². The molecule has 0 aromatic carbocycles. The molecule has 4 fully saturated rings. The first-order valence-corrected chi connectivity index (χ1v) is 18.4. The number of rotatable bonds is 13. The Balaban J connectivity index is 1.35. The predicted molar refractivity (Wildman–Crippen MR) is 182 cm³/mol. The Bertz CT molecular complexity index is 1340. The zero-order valence-electron chi connectivity index (χ0n) is 29.5. The summed E-state index contributed by atoms with van der Waals surface area (Å²) < 4.78 is 0. The van der Waals surface area contributed by atoms with Gasteiger partial charge in [-0.15, -0.1) is 0 Å². The molecular weight excluding hydrogens is 626 g/mol. The number of aliphatic hydroxyl groups excluding tert-OH is 1. The highest BCUT2D eigenvalue weighted by molar-refractivity contribution is 5.98. The maximum Gasteiger partial charge on any atom is 0.272 e. The fraction of sp³-hybridized carbons (Fsp3) is 0.750. The van der Waals surface area contributed by atoms with Gasteiger partial charge in [0.1, 0.15) is 23.8 Å². The lowest BCUT2D eigenvalue weighted by Crippen LogP contribution is -2.62. The third-order valence-electron chi connectivity index (χ3n) is 10.8. The molecule has 1 aromatic rings. The van der Waals surface area contributed by atoms with Crippen LogP contribution in [-0.2, 0) is 19.2 Å². The second kappa shape index (κ2) is 15.9. The monoisotopic (exact) mass is 681 g/mol. The number of aromatic nitrogens is 2. The number of carbonyl (C=O) groups excluding carboxylic acids is 5. The molecular formula is C36H55N7O6. The Kier molecular flexibility index (Phi) is 11.9. The molecule has 5 N–H and O–H groups in total. The number of hydrogen-bond donors (Lipinski definition) is 5. The van der Waals surface area contributed by atoms with Crippen LogP contribution >= 0.6 is 0 Å². The van der Waals surface area contributed by atoms with E-state index in [1.807, 2.05) is 27.7 Å².